The lowest BCUT2D eigenvalue weighted by atomic mass is 9.73. The largest absolute Gasteiger partial charge is 0.375 e. The van der Waals surface area contributed by atoms with Gasteiger partial charge in [0.1, 0.15) is 5.82 Å². The first-order valence-electron chi connectivity index (χ1n) is 7.94. The van der Waals surface area contributed by atoms with Gasteiger partial charge in [-0.15, -0.1) is 0 Å². The molecule has 2 unspecified atom stereocenters. The Balaban J connectivity index is 1.77. The summed E-state index contributed by atoms with van der Waals surface area (Å²) in [6.45, 7) is 0.783. The number of halogens is 2. The minimum absolute atomic E-state index is 0.0403. The van der Waals surface area contributed by atoms with Crippen LogP contribution >= 0.6 is 15.9 Å². The van der Waals surface area contributed by atoms with Gasteiger partial charge in [0, 0.05) is 17.1 Å². The molecule has 1 spiro atoms. The first kappa shape index (κ1) is 15.4. The molecule has 4 heteroatoms. The first-order valence-corrected chi connectivity index (χ1v) is 8.73. The Hall–Kier alpha value is -0.450. The Morgan fingerprint density at radius 2 is 2.05 bits per heavy atom. The maximum absolute atomic E-state index is 13.5. The van der Waals surface area contributed by atoms with Crippen LogP contribution in [0, 0.1) is 11.7 Å². The molecule has 1 saturated carbocycles. The van der Waals surface area contributed by atoms with Crippen LogP contribution in [0.5, 0.6) is 0 Å². The van der Waals surface area contributed by atoms with Crippen LogP contribution in [0.15, 0.2) is 22.7 Å². The number of rotatable bonds is 2. The van der Waals surface area contributed by atoms with E-state index in [2.05, 4.69) is 15.9 Å². The van der Waals surface area contributed by atoms with Crippen molar-refractivity contribution in [3.05, 3.63) is 34.1 Å². The summed E-state index contributed by atoms with van der Waals surface area (Å²) in [5.41, 5.74) is 7.40. The van der Waals surface area contributed by atoms with Gasteiger partial charge in [0.25, 0.3) is 0 Å². The van der Waals surface area contributed by atoms with Crippen molar-refractivity contribution < 1.29 is 9.13 Å². The normalized spacial score (nSPS) is 26.7. The molecular formula is C17H23BrFNO. The summed E-state index contributed by atoms with van der Waals surface area (Å²) in [6.07, 6.45) is 8.11. The molecule has 116 valence electrons. The van der Waals surface area contributed by atoms with Crippen LogP contribution in [0.1, 0.15) is 56.6 Å². The number of ether oxygens (including phenoxy) is 1. The van der Waals surface area contributed by atoms with E-state index in [1.165, 1.54) is 25.3 Å². The van der Waals surface area contributed by atoms with E-state index >= 15 is 0 Å². The van der Waals surface area contributed by atoms with Crippen molar-refractivity contribution in [2.75, 3.05) is 6.61 Å². The minimum atomic E-state index is -0.219. The predicted octanol–water partition coefficient (Wildman–Crippen LogP) is 4.72. The van der Waals surface area contributed by atoms with Gasteiger partial charge in [-0.05, 0) is 55.4 Å². The van der Waals surface area contributed by atoms with Gasteiger partial charge in [0.2, 0.25) is 0 Å². The van der Waals surface area contributed by atoms with Crippen LogP contribution in [0.2, 0.25) is 0 Å². The van der Waals surface area contributed by atoms with E-state index in [0.29, 0.717) is 5.92 Å². The zero-order chi connectivity index (χ0) is 14.9. The zero-order valence-electron chi connectivity index (χ0n) is 12.3. The van der Waals surface area contributed by atoms with Crippen molar-refractivity contribution >= 4 is 15.9 Å². The Morgan fingerprint density at radius 1 is 1.29 bits per heavy atom. The van der Waals surface area contributed by atoms with Gasteiger partial charge in [-0.3, -0.25) is 0 Å². The lowest BCUT2D eigenvalue weighted by molar-refractivity contribution is -0.120. The van der Waals surface area contributed by atoms with Crippen molar-refractivity contribution in [3.8, 4) is 0 Å². The molecule has 2 nitrogen and oxygen atoms in total. The molecule has 1 aromatic carbocycles. The van der Waals surface area contributed by atoms with Crippen molar-refractivity contribution in [2.24, 2.45) is 11.7 Å². The fourth-order valence-corrected chi connectivity index (χ4v) is 4.45. The first-order chi connectivity index (χ1) is 10.1. The summed E-state index contributed by atoms with van der Waals surface area (Å²) in [4.78, 5) is 0. The summed E-state index contributed by atoms with van der Waals surface area (Å²) in [5, 5.41) is 0. The van der Waals surface area contributed by atoms with E-state index in [1.807, 2.05) is 0 Å². The summed E-state index contributed by atoms with van der Waals surface area (Å²) in [6, 6.07) is 4.66. The van der Waals surface area contributed by atoms with Crippen molar-refractivity contribution in [1.29, 1.82) is 0 Å². The van der Waals surface area contributed by atoms with E-state index in [4.69, 9.17) is 10.5 Å². The van der Waals surface area contributed by atoms with Gasteiger partial charge in [-0.25, -0.2) is 4.39 Å². The van der Waals surface area contributed by atoms with Crippen molar-refractivity contribution in [1.82, 2.24) is 0 Å². The van der Waals surface area contributed by atoms with Crippen LogP contribution in [0.25, 0.3) is 0 Å². The van der Waals surface area contributed by atoms with Gasteiger partial charge in [-0.2, -0.15) is 0 Å². The predicted molar refractivity (Wildman–Crippen MR) is 85.5 cm³/mol. The highest BCUT2D eigenvalue weighted by atomic mass is 79.9. The number of hydrogen-bond acceptors (Lipinski definition) is 2. The Bertz CT molecular complexity index is 496. The highest BCUT2D eigenvalue weighted by molar-refractivity contribution is 9.10. The van der Waals surface area contributed by atoms with Crippen LogP contribution in [0.4, 0.5) is 4.39 Å². The number of nitrogens with two attached hydrogens (primary N) is 1. The molecule has 21 heavy (non-hydrogen) atoms. The Labute approximate surface area is 134 Å². The molecule has 0 radical (unpaired) electrons. The maximum Gasteiger partial charge on any atom is 0.123 e. The summed E-state index contributed by atoms with van der Waals surface area (Å²) in [7, 11) is 0. The Kier molecular flexibility index (Phi) is 4.67. The SMILES string of the molecule is NC(c1cc(F)ccc1Br)C1CCOC2(CCCCC2)C1. The number of benzene rings is 1. The van der Waals surface area contributed by atoms with E-state index < -0.39 is 0 Å². The van der Waals surface area contributed by atoms with Gasteiger partial charge < -0.3 is 10.5 Å². The molecular weight excluding hydrogens is 333 g/mol. The lowest BCUT2D eigenvalue weighted by Gasteiger charge is -2.45. The molecule has 1 heterocycles. The number of hydrogen-bond donors (Lipinski definition) is 1. The second-order valence-electron chi connectivity index (χ2n) is 6.54. The average molecular weight is 356 g/mol. The van der Waals surface area contributed by atoms with Crippen molar-refractivity contribution in [3.63, 3.8) is 0 Å². The quantitative estimate of drug-likeness (QED) is 0.832. The molecule has 1 aromatic rings. The third-order valence-corrected chi connectivity index (χ3v) is 5.84. The molecule has 2 N–H and O–H groups in total. The summed E-state index contributed by atoms with van der Waals surface area (Å²) in [5.74, 6) is 0.151. The molecule has 1 saturated heterocycles. The molecule has 2 aliphatic rings. The van der Waals surface area contributed by atoms with Gasteiger partial charge in [0.05, 0.1) is 5.60 Å². The molecule has 1 aliphatic carbocycles. The zero-order valence-corrected chi connectivity index (χ0v) is 13.9. The fraction of sp³-hybridized carbons (Fsp3) is 0.647. The van der Waals surface area contributed by atoms with Crippen LogP contribution in [-0.4, -0.2) is 12.2 Å². The molecule has 3 rings (SSSR count). The third kappa shape index (κ3) is 3.33. The van der Waals surface area contributed by atoms with Gasteiger partial charge in [-0.1, -0.05) is 35.2 Å². The lowest BCUT2D eigenvalue weighted by Crippen LogP contribution is -2.44. The van der Waals surface area contributed by atoms with Crippen LogP contribution in [0.3, 0.4) is 0 Å². The average Bonchev–Trinajstić information content (AvgIpc) is 2.50. The molecule has 0 bridgehead atoms. The van der Waals surface area contributed by atoms with Gasteiger partial charge in [0.15, 0.2) is 0 Å². The van der Waals surface area contributed by atoms with E-state index in [9.17, 15) is 4.39 Å². The Morgan fingerprint density at radius 3 is 2.81 bits per heavy atom. The second kappa shape index (κ2) is 6.35. The maximum atomic E-state index is 13.5. The molecule has 2 fully saturated rings. The van der Waals surface area contributed by atoms with Crippen LogP contribution < -0.4 is 5.73 Å². The fourth-order valence-electron chi connectivity index (χ4n) is 3.94. The molecule has 2 atom stereocenters. The highest BCUT2D eigenvalue weighted by Crippen LogP contribution is 2.44. The standard InChI is InChI=1S/C17H23BrFNO/c18-15-5-4-13(19)10-14(15)16(20)12-6-9-21-17(11-12)7-2-1-3-8-17/h4-5,10,12,16H,1-3,6-9,11,20H2. The van der Waals surface area contributed by atoms with E-state index in [0.717, 1.165) is 42.3 Å². The molecule has 0 amide bonds. The van der Waals surface area contributed by atoms with Crippen molar-refractivity contribution in [2.45, 2.75) is 56.6 Å². The molecule has 0 aromatic heterocycles. The minimum Gasteiger partial charge on any atom is -0.375 e. The van der Waals surface area contributed by atoms with E-state index in [-0.39, 0.29) is 17.5 Å². The topological polar surface area (TPSA) is 35.2 Å². The van der Waals surface area contributed by atoms with Gasteiger partial charge >= 0.3 is 0 Å². The molecule has 1 aliphatic heterocycles. The third-order valence-electron chi connectivity index (χ3n) is 5.12. The van der Waals surface area contributed by atoms with Crippen LogP contribution in [-0.2, 0) is 4.74 Å². The smallest absolute Gasteiger partial charge is 0.123 e. The summed E-state index contributed by atoms with van der Waals surface area (Å²) < 4.78 is 20.6. The van der Waals surface area contributed by atoms with E-state index in [1.54, 1.807) is 12.1 Å². The highest BCUT2D eigenvalue weighted by Gasteiger charge is 2.40. The summed E-state index contributed by atoms with van der Waals surface area (Å²) >= 11 is 3.51. The monoisotopic (exact) mass is 355 g/mol. The second-order valence-corrected chi connectivity index (χ2v) is 7.39.